The molecular weight excluding hydrogens is 633 g/mol. The molecule has 0 heterocycles. The molecule has 256 valence electrons. The molecule has 0 saturated heterocycles. The van der Waals surface area contributed by atoms with Crippen molar-refractivity contribution < 1.29 is 23.7 Å². The van der Waals surface area contributed by atoms with Crippen LogP contribution in [0.4, 0.5) is 0 Å². The van der Waals surface area contributed by atoms with Gasteiger partial charge in [-0.25, -0.2) is 0 Å². The van der Waals surface area contributed by atoms with E-state index in [4.69, 9.17) is 18.9 Å². The van der Waals surface area contributed by atoms with Crippen LogP contribution in [0.3, 0.4) is 0 Å². The minimum Gasteiger partial charge on any atom is -0.489 e. The fraction of sp³-hybridized carbons (Fsp3) is 0.152. The van der Waals surface area contributed by atoms with Gasteiger partial charge in [-0.05, 0) is 78.4 Å². The van der Waals surface area contributed by atoms with Crippen LogP contribution >= 0.6 is 0 Å². The molecule has 5 nitrogen and oxygen atoms in total. The first-order chi connectivity index (χ1) is 25.0. The molecule has 0 fully saturated rings. The number of rotatable bonds is 15. The zero-order chi connectivity index (χ0) is 35.4. The van der Waals surface area contributed by atoms with Crippen LogP contribution in [0.1, 0.15) is 54.9 Å². The Labute approximate surface area is 300 Å². The molecule has 0 radical (unpaired) electrons. The molecule has 0 N–H and O–H groups in total. The summed E-state index contributed by atoms with van der Waals surface area (Å²) in [6.45, 7) is 7.44. The van der Waals surface area contributed by atoms with E-state index >= 15 is 0 Å². The largest absolute Gasteiger partial charge is 0.489 e. The fourth-order valence-corrected chi connectivity index (χ4v) is 5.84. The summed E-state index contributed by atoms with van der Waals surface area (Å²) in [5.74, 6) is 2.33. The van der Waals surface area contributed by atoms with Crippen molar-refractivity contribution in [1.29, 1.82) is 0 Å². The van der Waals surface area contributed by atoms with Crippen molar-refractivity contribution in [2.45, 2.75) is 47.2 Å². The topological polar surface area (TPSA) is 54.0 Å². The lowest BCUT2D eigenvalue weighted by atomic mass is 9.94. The van der Waals surface area contributed by atoms with Gasteiger partial charge in [-0.2, -0.15) is 0 Å². The lowest BCUT2D eigenvalue weighted by molar-refractivity contribution is 0.104. The number of ketones is 1. The summed E-state index contributed by atoms with van der Waals surface area (Å²) in [6.07, 6.45) is 3.38. The zero-order valence-electron chi connectivity index (χ0n) is 29.3. The molecule has 6 aromatic carbocycles. The van der Waals surface area contributed by atoms with Crippen molar-refractivity contribution >= 4 is 11.9 Å². The molecule has 0 unspecified atom stereocenters. The number of hydrogen-bond donors (Lipinski definition) is 0. The molecular formula is C46H42O5. The Balaban J connectivity index is 1.32. The first-order valence-corrected chi connectivity index (χ1v) is 17.1. The third-order valence-electron chi connectivity index (χ3n) is 8.77. The summed E-state index contributed by atoms with van der Waals surface area (Å²) < 4.78 is 25.3. The minimum absolute atomic E-state index is 0.193. The van der Waals surface area contributed by atoms with E-state index in [0.29, 0.717) is 55.0 Å². The Morgan fingerprint density at radius 3 is 1.43 bits per heavy atom. The molecule has 0 aliphatic heterocycles. The Morgan fingerprint density at radius 1 is 0.490 bits per heavy atom. The average Bonchev–Trinajstić information content (AvgIpc) is 3.18. The molecule has 0 aromatic heterocycles. The molecule has 5 heteroatoms. The Hall–Kier alpha value is -6.07. The van der Waals surface area contributed by atoms with Crippen molar-refractivity contribution in [1.82, 2.24) is 0 Å². The summed E-state index contributed by atoms with van der Waals surface area (Å²) >= 11 is 0. The zero-order valence-corrected chi connectivity index (χ0v) is 29.3. The lowest BCUT2D eigenvalue weighted by Crippen LogP contribution is -2.11. The molecule has 0 atom stereocenters. The number of carbonyl (C=O) groups is 1. The SMILES string of the molecule is Cc1c(C)c(OCc2ccccc2)c(C(=O)C=Cc2ccc(OCc3ccccc3)cc2OCc2ccccc2)c(C)c1OCc1ccccc1. The quantitative estimate of drug-likeness (QED) is 0.0801. The Morgan fingerprint density at radius 2 is 0.922 bits per heavy atom. The standard InChI is InChI=1S/C46H42O5/c1-33-34(2)46(51-32-39-22-14-7-15-23-39)44(35(3)45(33)50-31-38-20-12-6-13-21-38)42(47)27-25-40-24-26-41(48-29-36-16-8-4-9-17-36)28-43(40)49-30-37-18-10-5-11-19-37/h4-28H,29-32H2,1-3H3. The lowest BCUT2D eigenvalue weighted by Gasteiger charge is -2.22. The maximum Gasteiger partial charge on any atom is 0.190 e. The summed E-state index contributed by atoms with van der Waals surface area (Å²) in [7, 11) is 0. The van der Waals surface area contributed by atoms with Crippen molar-refractivity contribution in [3.8, 4) is 23.0 Å². The van der Waals surface area contributed by atoms with E-state index in [2.05, 4.69) is 0 Å². The molecule has 6 rings (SSSR count). The molecule has 0 bridgehead atoms. The smallest absolute Gasteiger partial charge is 0.190 e. The molecule has 0 aliphatic carbocycles. The summed E-state index contributed by atoms with van der Waals surface area (Å²) in [5, 5.41) is 0. The van der Waals surface area contributed by atoms with Crippen molar-refractivity contribution in [3.05, 3.63) is 196 Å². The van der Waals surface area contributed by atoms with E-state index in [1.54, 1.807) is 12.2 Å². The highest BCUT2D eigenvalue weighted by Gasteiger charge is 2.24. The van der Waals surface area contributed by atoms with E-state index in [1.165, 1.54) is 0 Å². The second-order valence-corrected chi connectivity index (χ2v) is 12.4. The number of carbonyl (C=O) groups excluding carboxylic acids is 1. The van der Waals surface area contributed by atoms with Crippen LogP contribution in [-0.2, 0) is 26.4 Å². The fourth-order valence-electron chi connectivity index (χ4n) is 5.84. The molecule has 51 heavy (non-hydrogen) atoms. The van der Waals surface area contributed by atoms with E-state index in [-0.39, 0.29) is 5.78 Å². The molecule has 0 spiro atoms. The van der Waals surface area contributed by atoms with Crippen LogP contribution in [0.2, 0.25) is 0 Å². The normalized spacial score (nSPS) is 11.0. The third-order valence-corrected chi connectivity index (χ3v) is 8.77. The predicted molar refractivity (Wildman–Crippen MR) is 204 cm³/mol. The van der Waals surface area contributed by atoms with Crippen LogP contribution in [0, 0.1) is 20.8 Å². The first kappa shape index (κ1) is 34.8. The van der Waals surface area contributed by atoms with Gasteiger partial charge in [0.2, 0.25) is 0 Å². The molecule has 0 aliphatic rings. The molecule has 6 aromatic rings. The van der Waals surface area contributed by atoms with Crippen molar-refractivity contribution in [2.75, 3.05) is 0 Å². The monoisotopic (exact) mass is 674 g/mol. The van der Waals surface area contributed by atoms with Crippen molar-refractivity contribution in [2.24, 2.45) is 0 Å². The molecule has 0 amide bonds. The van der Waals surface area contributed by atoms with Gasteiger partial charge in [0.15, 0.2) is 5.78 Å². The van der Waals surface area contributed by atoms with E-state index in [0.717, 1.165) is 44.5 Å². The highest BCUT2D eigenvalue weighted by molar-refractivity contribution is 6.10. The van der Waals surface area contributed by atoms with Crippen LogP contribution < -0.4 is 18.9 Å². The third kappa shape index (κ3) is 9.14. The van der Waals surface area contributed by atoms with Gasteiger partial charge in [-0.1, -0.05) is 121 Å². The number of allylic oxidation sites excluding steroid dienone is 1. The van der Waals surface area contributed by atoms with Crippen LogP contribution in [0.25, 0.3) is 6.08 Å². The average molecular weight is 675 g/mol. The van der Waals surface area contributed by atoms with Gasteiger partial charge in [0.1, 0.15) is 49.4 Å². The van der Waals surface area contributed by atoms with Gasteiger partial charge >= 0.3 is 0 Å². The predicted octanol–water partition coefficient (Wildman–Crippen LogP) is 10.8. The van der Waals surface area contributed by atoms with Gasteiger partial charge in [0, 0.05) is 17.2 Å². The minimum atomic E-state index is -0.193. The number of hydrogen-bond acceptors (Lipinski definition) is 5. The second-order valence-electron chi connectivity index (χ2n) is 12.4. The van der Waals surface area contributed by atoms with Crippen LogP contribution in [-0.4, -0.2) is 5.78 Å². The first-order valence-electron chi connectivity index (χ1n) is 17.1. The van der Waals surface area contributed by atoms with Crippen LogP contribution in [0.15, 0.2) is 146 Å². The summed E-state index contributed by atoms with van der Waals surface area (Å²) in [5.41, 5.74) is 7.93. The number of benzene rings is 6. The van der Waals surface area contributed by atoms with E-state index in [9.17, 15) is 4.79 Å². The van der Waals surface area contributed by atoms with Gasteiger partial charge in [0.25, 0.3) is 0 Å². The van der Waals surface area contributed by atoms with Crippen LogP contribution in [0.5, 0.6) is 23.0 Å². The highest BCUT2D eigenvalue weighted by atomic mass is 16.5. The van der Waals surface area contributed by atoms with Gasteiger partial charge < -0.3 is 18.9 Å². The van der Waals surface area contributed by atoms with E-state index < -0.39 is 0 Å². The summed E-state index contributed by atoms with van der Waals surface area (Å²) in [6, 6.07) is 45.7. The van der Waals surface area contributed by atoms with Gasteiger partial charge in [-0.15, -0.1) is 0 Å². The van der Waals surface area contributed by atoms with E-state index in [1.807, 2.05) is 160 Å². The van der Waals surface area contributed by atoms with Gasteiger partial charge in [-0.3, -0.25) is 4.79 Å². The van der Waals surface area contributed by atoms with Crippen molar-refractivity contribution in [3.63, 3.8) is 0 Å². The Kier molecular flexibility index (Phi) is 11.6. The number of ether oxygens (including phenoxy) is 4. The summed E-state index contributed by atoms with van der Waals surface area (Å²) in [4.78, 5) is 14.3. The maximum absolute atomic E-state index is 14.3. The maximum atomic E-state index is 14.3. The molecule has 0 saturated carbocycles. The second kappa shape index (κ2) is 17.0. The highest BCUT2D eigenvalue weighted by Crippen LogP contribution is 2.39. The van der Waals surface area contributed by atoms with Gasteiger partial charge in [0.05, 0.1) is 5.56 Å². The Bertz CT molecular complexity index is 2070.